The van der Waals surface area contributed by atoms with Gasteiger partial charge in [-0.05, 0) is 116 Å². The lowest BCUT2D eigenvalue weighted by Gasteiger charge is -2.27. The molecule has 0 spiro atoms. The lowest BCUT2D eigenvalue weighted by molar-refractivity contribution is 1.28. The molecule has 0 atom stereocenters. The maximum Gasteiger partial charge on any atom is 0.0546 e. The number of fused-ring (bicyclic) bond motifs is 3. The van der Waals surface area contributed by atoms with Crippen molar-refractivity contribution in [1.82, 2.24) is 0 Å². The molecule has 0 aliphatic carbocycles. The van der Waals surface area contributed by atoms with Crippen LogP contribution in [0.4, 0.5) is 34.1 Å². The number of benzene rings is 10. The first-order chi connectivity index (χ1) is 29.7. The molecule has 10 aromatic rings. The molecule has 60 heavy (non-hydrogen) atoms. The van der Waals surface area contributed by atoms with Crippen molar-refractivity contribution in [2.24, 2.45) is 0 Å². The number of hydrogen-bond acceptors (Lipinski definition) is 2. The fourth-order valence-corrected chi connectivity index (χ4v) is 8.20. The van der Waals surface area contributed by atoms with Crippen LogP contribution < -0.4 is 9.80 Å². The normalized spacial score (nSPS) is 11.3. The molecule has 0 saturated carbocycles. The quantitative estimate of drug-likeness (QED) is 0.101. The summed E-state index contributed by atoms with van der Waals surface area (Å²) in [7, 11) is 0. The Morgan fingerprint density at radius 3 is 1.05 bits per heavy atom. The van der Waals surface area contributed by atoms with E-state index in [1.54, 1.807) is 0 Å². The average Bonchev–Trinajstić information content (AvgIpc) is 3.33. The van der Waals surface area contributed by atoms with Crippen LogP contribution in [0.1, 0.15) is 11.1 Å². The van der Waals surface area contributed by atoms with E-state index in [1.165, 1.54) is 43.8 Å². The molecule has 10 rings (SSSR count). The van der Waals surface area contributed by atoms with E-state index in [1.807, 2.05) is 0 Å². The molecule has 0 radical (unpaired) electrons. The third-order valence-corrected chi connectivity index (χ3v) is 11.2. The van der Waals surface area contributed by atoms with Gasteiger partial charge in [0.15, 0.2) is 0 Å². The Balaban J connectivity index is 0.851. The van der Waals surface area contributed by atoms with Crippen molar-refractivity contribution >= 4 is 67.8 Å². The molecule has 0 fully saturated rings. The van der Waals surface area contributed by atoms with Crippen molar-refractivity contribution in [3.63, 3.8) is 0 Å². The zero-order valence-electron chi connectivity index (χ0n) is 33.1. The Bertz CT molecular complexity index is 2990. The number of hydrogen-bond donors (Lipinski definition) is 0. The lowest BCUT2D eigenvalue weighted by atomic mass is 9.98. The van der Waals surface area contributed by atoms with Gasteiger partial charge in [0.2, 0.25) is 0 Å². The largest absolute Gasteiger partial charge is 0.311 e. The zero-order chi connectivity index (χ0) is 40.1. The molecular weight excluding hydrogens is 725 g/mol. The summed E-state index contributed by atoms with van der Waals surface area (Å²) in [4.78, 5) is 4.66. The third kappa shape index (κ3) is 7.46. The minimum absolute atomic E-state index is 1.12. The second kappa shape index (κ2) is 16.5. The van der Waals surface area contributed by atoms with Crippen LogP contribution in [0.2, 0.25) is 0 Å². The molecule has 0 heterocycles. The summed E-state index contributed by atoms with van der Waals surface area (Å²) in [6, 6.07) is 86.8. The Hall–Kier alpha value is -7.94. The SMILES string of the molecule is C(=Cc1ccc(-c2ccc(N(c3ccccc3)c3cc4ccccc4c4ccccc34)cc2)cc1)c1ccc(-c2ccc(N(c3ccccc3)c3ccccc3)cc2)cc1. The van der Waals surface area contributed by atoms with Gasteiger partial charge in [-0.3, -0.25) is 0 Å². The Kier molecular flexibility index (Phi) is 10.0. The molecule has 0 bridgehead atoms. The van der Waals surface area contributed by atoms with Crippen molar-refractivity contribution in [2.75, 3.05) is 9.80 Å². The molecule has 284 valence electrons. The first-order valence-electron chi connectivity index (χ1n) is 20.5. The molecule has 0 unspecified atom stereocenters. The van der Waals surface area contributed by atoms with E-state index in [9.17, 15) is 0 Å². The number of rotatable bonds is 10. The van der Waals surface area contributed by atoms with Crippen molar-refractivity contribution in [3.8, 4) is 22.3 Å². The summed E-state index contributed by atoms with van der Waals surface area (Å²) in [5.74, 6) is 0. The van der Waals surface area contributed by atoms with Crippen molar-refractivity contribution < 1.29 is 0 Å². The van der Waals surface area contributed by atoms with Gasteiger partial charge in [-0.15, -0.1) is 0 Å². The van der Waals surface area contributed by atoms with Crippen molar-refractivity contribution in [3.05, 3.63) is 254 Å². The van der Waals surface area contributed by atoms with Crippen LogP contribution in [-0.4, -0.2) is 0 Å². The Labute approximate surface area is 352 Å². The molecular formula is C58H42N2. The monoisotopic (exact) mass is 766 g/mol. The minimum atomic E-state index is 1.12. The van der Waals surface area contributed by atoms with E-state index < -0.39 is 0 Å². The van der Waals surface area contributed by atoms with Gasteiger partial charge in [-0.1, -0.05) is 188 Å². The molecule has 0 N–H and O–H groups in total. The van der Waals surface area contributed by atoms with Gasteiger partial charge in [-0.25, -0.2) is 0 Å². The first-order valence-corrected chi connectivity index (χ1v) is 20.5. The zero-order valence-corrected chi connectivity index (χ0v) is 33.1. The number of anilines is 6. The van der Waals surface area contributed by atoms with E-state index >= 15 is 0 Å². The summed E-state index contributed by atoms with van der Waals surface area (Å²) in [6.45, 7) is 0. The van der Waals surface area contributed by atoms with Gasteiger partial charge in [0.1, 0.15) is 0 Å². The van der Waals surface area contributed by atoms with Crippen molar-refractivity contribution in [1.29, 1.82) is 0 Å². The molecule has 0 aliphatic rings. The maximum atomic E-state index is 2.38. The van der Waals surface area contributed by atoms with E-state index in [-0.39, 0.29) is 0 Å². The van der Waals surface area contributed by atoms with E-state index in [0.29, 0.717) is 0 Å². The topological polar surface area (TPSA) is 6.48 Å². The second-order valence-electron chi connectivity index (χ2n) is 15.0. The Morgan fingerprint density at radius 1 is 0.250 bits per heavy atom. The smallest absolute Gasteiger partial charge is 0.0546 e. The van der Waals surface area contributed by atoms with Crippen LogP contribution in [0, 0.1) is 0 Å². The van der Waals surface area contributed by atoms with Gasteiger partial charge in [-0.2, -0.15) is 0 Å². The highest BCUT2D eigenvalue weighted by Gasteiger charge is 2.17. The van der Waals surface area contributed by atoms with Crippen molar-refractivity contribution in [2.45, 2.75) is 0 Å². The van der Waals surface area contributed by atoms with Gasteiger partial charge in [0, 0.05) is 33.8 Å². The standard InChI is InChI=1S/C58H42N2/c1-4-15-50(16-5-1)59(51-17-6-2-7-18-51)53-38-34-47(35-39-53)45-30-26-43(27-31-45)24-25-44-28-32-46(33-29-44)48-36-40-54(41-37-48)60(52-19-8-3-9-20-52)58-42-49-14-10-11-21-55(49)56-22-12-13-23-57(56)58/h1-42H. The fraction of sp³-hybridized carbons (Fsp3) is 0. The summed E-state index contributed by atoms with van der Waals surface area (Å²) in [6.07, 6.45) is 4.37. The lowest BCUT2D eigenvalue weighted by Crippen LogP contribution is -2.10. The minimum Gasteiger partial charge on any atom is -0.311 e. The van der Waals surface area contributed by atoms with Gasteiger partial charge in [0.25, 0.3) is 0 Å². The predicted octanol–water partition coefficient (Wildman–Crippen LogP) is 16.4. The molecule has 0 amide bonds. The second-order valence-corrected chi connectivity index (χ2v) is 15.0. The van der Waals surface area contributed by atoms with Crippen LogP contribution in [-0.2, 0) is 0 Å². The molecule has 10 aromatic carbocycles. The summed E-state index contributed by atoms with van der Waals surface area (Å²) in [5, 5.41) is 4.98. The third-order valence-electron chi connectivity index (χ3n) is 11.2. The number of para-hydroxylation sites is 3. The fourth-order valence-electron chi connectivity index (χ4n) is 8.20. The van der Waals surface area contributed by atoms with Crippen LogP contribution in [0.25, 0.3) is 56.0 Å². The van der Waals surface area contributed by atoms with Gasteiger partial charge >= 0.3 is 0 Å². The Morgan fingerprint density at radius 2 is 0.583 bits per heavy atom. The average molecular weight is 767 g/mol. The predicted molar refractivity (Wildman–Crippen MR) is 257 cm³/mol. The summed E-state index contributed by atoms with van der Waals surface area (Å²) < 4.78 is 0. The van der Waals surface area contributed by atoms with Crippen LogP contribution in [0.5, 0.6) is 0 Å². The van der Waals surface area contributed by atoms with Crippen LogP contribution in [0.3, 0.4) is 0 Å². The highest BCUT2D eigenvalue weighted by Crippen LogP contribution is 2.42. The van der Waals surface area contributed by atoms with Gasteiger partial charge < -0.3 is 9.80 Å². The van der Waals surface area contributed by atoms with E-state index in [2.05, 4.69) is 265 Å². The first kappa shape index (κ1) is 36.4. The molecule has 0 aliphatic heterocycles. The maximum absolute atomic E-state index is 2.38. The number of nitrogens with zero attached hydrogens (tertiary/aromatic N) is 2. The molecule has 2 heteroatoms. The molecule has 2 nitrogen and oxygen atoms in total. The van der Waals surface area contributed by atoms with E-state index in [0.717, 1.165) is 45.3 Å². The van der Waals surface area contributed by atoms with E-state index in [4.69, 9.17) is 0 Å². The highest BCUT2D eigenvalue weighted by molar-refractivity contribution is 6.14. The summed E-state index contributed by atoms with van der Waals surface area (Å²) >= 11 is 0. The summed E-state index contributed by atoms with van der Waals surface area (Å²) in [5.41, 5.74) is 13.9. The van der Waals surface area contributed by atoms with Gasteiger partial charge in [0.05, 0.1) is 5.69 Å². The van der Waals surface area contributed by atoms with Crippen LogP contribution >= 0.6 is 0 Å². The molecule has 0 aromatic heterocycles. The highest BCUT2D eigenvalue weighted by atomic mass is 15.1. The van der Waals surface area contributed by atoms with Crippen LogP contribution in [0.15, 0.2) is 243 Å². The molecule has 0 saturated heterocycles.